The molecule has 0 saturated carbocycles. The summed E-state index contributed by atoms with van der Waals surface area (Å²) in [5, 5.41) is 18.6. The maximum absolute atomic E-state index is 10.7. The zero-order chi connectivity index (χ0) is 22.2. The zero-order valence-corrected chi connectivity index (χ0v) is 19.9. The molecule has 1 aliphatic heterocycles. The van der Waals surface area contributed by atoms with Crippen LogP contribution >= 0.6 is 22.9 Å². The highest BCUT2D eigenvalue weighted by atomic mass is 35.5. The van der Waals surface area contributed by atoms with Gasteiger partial charge >= 0.3 is 0 Å². The van der Waals surface area contributed by atoms with Gasteiger partial charge in [0.2, 0.25) is 5.95 Å². The first-order valence-corrected chi connectivity index (χ1v) is 11.7. The Balaban J connectivity index is 1.51. The van der Waals surface area contributed by atoms with E-state index in [1.807, 2.05) is 30.3 Å². The number of hydrogen-bond acceptors (Lipinski definition) is 6. The van der Waals surface area contributed by atoms with Gasteiger partial charge < -0.3 is 15.7 Å². The average molecular weight is 457 g/mol. The summed E-state index contributed by atoms with van der Waals surface area (Å²) in [5.41, 5.74) is 1.78. The molecule has 1 aromatic carbocycles. The van der Waals surface area contributed by atoms with E-state index in [0.717, 1.165) is 33.9 Å². The minimum Gasteiger partial charge on any atom is -0.383 e. The van der Waals surface area contributed by atoms with Gasteiger partial charge in [0.05, 0.1) is 10.6 Å². The molecule has 31 heavy (non-hydrogen) atoms. The molecule has 2 aromatic heterocycles. The summed E-state index contributed by atoms with van der Waals surface area (Å²) >= 11 is 7.50. The van der Waals surface area contributed by atoms with Crippen LogP contribution in [0.4, 0.5) is 5.95 Å². The Kier molecular flexibility index (Phi) is 6.10. The average Bonchev–Trinajstić information content (AvgIpc) is 3.16. The van der Waals surface area contributed by atoms with Crippen molar-refractivity contribution in [2.45, 2.75) is 63.8 Å². The molecule has 0 bridgehead atoms. The number of benzene rings is 1. The molecule has 0 amide bonds. The lowest BCUT2D eigenvalue weighted by atomic mass is 9.80. The molecule has 5 nitrogen and oxygen atoms in total. The fourth-order valence-electron chi connectivity index (χ4n) is 4.62. The Morgan fingerprint density at radius 2 is 1.74 bits per heavy atom. The molecule has 0 spiro atoms. The number of piperidine rings is 1. The second-order valence-electron chi connectivity index (χ2n) is 9.56. The van der Waals surface area contributed by atoms with Crippen molar-refractivity contribution in [3.05, 3.63) is 64.1 Å². The summed E-state index contributed by atoms with van der Waals surface area (Å²) in [6.45, 7) is 8.94. The van der Waals surface area contributed by atoms with Crippen molar-refractivity contribution in [2.24, 2.45) is 0 Å². The van der Waals surface area contributed by atoms with Gasteiger partial charge in [-0.1, -0.05) is 23.7 Å². The van der Waals surface area contributed by atoms with E-state index in [0.29, 0.717) is 17.0 Å². The van der Waals surface area contributed by atoms with Crippen LogP contribution in [0.3, 0.4) is 0 Å². The first-order valence-electron chi connectivity index (χ1n) is 10.5. The topological polar surface area (TPSA) is 70.1 Å². The highest BCUT2D eigenvalue weighted by Crippen LogP contribution is 2.34. The van der Waals surface area contributed by atoms with Crippen LogP contribution in [0.15, 0.2) is 48.7 Å². The third-order valence-corrected chi connectivity index (χ3v) is 6.93. The van der Waals surface area contributed by atoms with Crippen molar-refractivity contribution >= 4 is 28.9 Å². The SMILES string of the molecule is CC1(C)CC(Nc2nccc(-c3ccc(C(O)c4ccc(Cl)cc4)s3)n2)CC(C)(C)N1. The predicted molar refractivity (Wildman–Crippen MR) is 129 cm³/mol. The van der Waals surface area contributed by atoms with E-state index >= 15 is 0 Å². The van der Waals surface area contributed by atoms with Crippen LogP contribution in [0, 0.1) is 0 Å². The molecule has 1 saturated heterocycles. The monoisotopic (exact) mass is 456 g/mol. The van der Waals surface area contributed by atoms with Gasteiger partial charge in [-0.05, 0) is 76.4 Å². The van der Waals surface area contributed by atoms with Gasteiger partial charge in [0, 0.05) is 33.2 Å². The Bertz CT molecular complexity index is 1030. The molecule has 164 valence electrons. The predicted octanol–water partition coefficient (Wildman–Crippen LogP) is 5.66. The molecule has 3 N–H and O–H groups in total. The van der Waals surface area contributed by atoms with Crippen LogP contribution in [0.1, 0.15) is 57.1 Å². The van der Waals surface area contributed by atoms with Gasteiger partial charge in [-0.25, -0.2) is 9.97 Å². The molecule has 1 fully saturated rings. The van der Waals surface area contributed by atoms with E-state index in [1.165, 1.54) is 11.3 Å². The first-order chi connectivity index (χ1) is 14.6. The maximum Gasteiger partial charge on any atom is 0.223 e. The van der Waals surface area contributed by atoms with Gasteiger partial charge in [-0.3, -0.25) is 0 Å². The standard InChI is InChI=1S/C24H29ClN4OS/c1-23(2)13-17(14-24(3,4)29-23)27-22-26-12-11-18(28-22)19-9-10-20(31-19)21(30)15-5-7-16(25)8-6-15/h5-12,17,21,29-30H,13-14H2,1-4H3,(H,26,27,28). The van der Waals surface area contributed by atoms with Crippen LogP contribution in [0.25, 0.3) is 10.6 Å². The number of nitrogens with zero attached hydrogens (tertiary/aromatic N) is 2. The fourth-order valence-corrected chi connectivity index (χ4v) is 5.74. The number of rotatable bonds is 5. The number of hydrogen-bond donors (Lipinski definition) is 3. The fraction of sp³-hybridized carbons (Fsp3) is 0.417. The summed E-state index contributed by atoms with van der Waals surface area (Å²) in [7, 11) is 0. The second-order valence-corrected chi connectivity index (χ2v) is 11.1. The lowest BCUT2D eigenvalue weighted by Gasteiger charge is -2.46. The Hall–Kier alpha value is -1.99. The number of nitrogens with one attached hydrogen (secondary N) is 2. The smallest absolute Gasteiger partial charge is 0.223 e. The number of aliphatic hydroxyl groups excluding tert-OH is 1. The molecule has 3 aromatic rings. The number of thiophene rings is 1. The van der Waals surface area contributed by atoms with E-state index < -0.39 is 6.10 Å². The summed E-state index contributed by atoms with van der Waals surface area (Å²) in [6.07, 6.45) is 3.10. The molecular formula is C24H29ClN4OS. The molecule has 0 radical (unpaired) electrons. The van der Waals surface area contributed by atoms with Crippen molar-refractivity contribution in [1.29, 1.82) is 0 Å². The largest absolute Gasteiger partial charge is 0.383 e. The number of aliphatic hydroxyl groups is 1. The van der Waals surface area contributed by atoms with Crippen molar-refractivity contribution in [2.75, 3.05) is 5.32 Å². The molecule has 4 rings (SSSR count). The van der Waals surface area contributed by atoms with Crippen molar-refractivity contribution in [1.82, 2.24) is 15.3 Å². The van der Waals surface area contributed by atoms with E-state index in [9.17, 15) is 5.11 Å². The van der Waals surface area contributed by atoms with E-state index in [4.69, 9.17) is 16.6 Å². The van der Waals surface area contributed by atoms with Gasteiger partial charge in [0.25, 0.3) is 0 Å². The van der Waals surface area contributed by atoms with E-state index in [1.54, 1.807) is 18.3 Å². The maximum atomic E-state index is 10.7. The van der Waals surface area contributed by atoms with Crippen molar-refractivity contribution in [3.63, 3.8) is 0 Å². The van der Waals surface area contributed by atoms with Crippen LogP contribution in [0.5, 0.6) is 0 Å². The van der Waals surface area contributed by atoms with E-state index in [2.05, 4.69) is 43.3 Å². The molecule has 0 aliphatic carbocycles. The highest BCUT2D eigenvalue weighted by Gasteiger charge is 2.37. The molecule has 7 heteroatoms. The minimum absolute atomic E-state index is 0.0531. The quantitative estimate of drug-likeness (QED) is 0.462. The Morgan fingerprint density at radius 1 is 1.06 bits per heavy atom. The first kappa shape index (κ1) is 22.2. The summed E-state index contributed by atoms with van der Waals surface area (Å²) in [5.74, 6) is 0.643. The van der Waals surface area contributed by atoms with Gasteiger partial charge in [0.1, 0.15) is 6.10 Å². The third kappa shape index (κ3) is 5.44. The van der Waals surface area contributed by atoms with Crippen molar-refractivity contribution in [3.8, 4) is 10.6 Å². The lowest BCUT2D eigenvalue weighted by Crippen LogP contribution is -2.60. The highest BCUT2D eigenvalue weighted by molar-refractivity contribution is 7.15. The third-order valence-electron chi connectivity index (χ3n) is 5.51. The Morgan fingerprint density at radius 3 is 2.42 bits per heavy atom. The van der Waals surface area contributed by atoms with Gasteiger partial charge in [-0.15, -0.1) is 11.3 Å². The lowest BCUT2D eigenvalue weighted by molar-refractivity contribution is 0.170. The molecule has 3 heterocycles. The normalized spacial score (nSPS) is 19.2. The molecule has 1 atom stereocenters. The number of anilines is 1. The summed E-state index contributed by atoms with van der Waals surface area (Å²) in [4.78, 5) is 11.1. The summed E-state index contributed by atoms with van der Waals surface area (Å²) < 4.78 is 0. The molecular weight excluding hydrogens is 428 g/mol. The van der Waals surface area contributed by atoms with Crippen LogP contribution in [0.2, 0.25) is 5.02 Å². The van der Waals surface area contributed by atoms with Crippen LogP contribution < -0.4 is 10.6 Å². The summed E-state index contributed by atoms with van der Waals surface area (Å²) in [6, 6.07) is 13.4. The second kappa shape index (κ2) is 8.51. The van der Waals surface area contributed by atoms with Crippen LogP contribution in [-0.4, -0.2) is 32.2 Å². The van der Waals surface area contributed by atoms with Gasteiger partial charge in [-0.2, -0.15) is 0 Å². The number of halogens is 1. The minimum atomic E-state index is -0.686. The zero-order valence-electron chi connectivity index (χ0n) is 18.3. The van der Waals surface area contributed by atoms with E-state index in [-0.39, 0.29) is 11.1 Å². The van der Waals surface area contributed by atoms with Crippen molar-refractivity contribution < 1.29 is 5.11 Å². The molecule has 1 unspecified atom stereocenters. The van der Waals surface area contributed by atoms with Crippen LogP contribution in [-0.2, 0) is 0 Å². The van der Waals surface area contributed by atoms with Gasteiger partial charge in [0.15, 0.2) is 0 Å². The number of aromatic nitrogens is 2. The molecule has 1 aliphatic rings. The Labute approximate surface area is 192 Å².